The summed E-state index contributed by atoms with van der Waals surface area (Å²) in [6.45, 7) is 7.64. The van der Waals surface area contributed by atoms with E-state index in [-0.39, 0.29) is 24.7 Å². The Balaban J connectivity index is 2.47. The van der Waals surface area contributed by atoms with Gasteiger partial charge in [0.25, 0.3) is 0 Å². The fraction of sp³-hybridized carbons (Fsp3) is 0.450. The lowest BCUT2D eigenvalue weighted by atomic mass is 9.73. The number of benzene rings is 1. The molecule has 0 aromatic heterocycles. The fourth-order valence-electron chi connectivity index (χ4n) is 3.42. The van der Waals surface area contributed by atoms with E-state index in [1.807, 2.05) is 6.92 Å². The third-order valence-electron chi connectivity index (χ3n) is 4.93. The highest BCUT2D eigenvalue weighted by atomic mass is 32.2. The summed E-state index contributed by atoms with van der Waals surface area (Å²) in [4.78, 5) is 36.8. The molecule has 2 unspecified atom stereocenters. The molecular weight excluding hydrogens is 380 g/mol. The molecule has 2 rings (SSSR count). The number of carbonyl (C=O) groups excluding carboxylic acids is 3. The largest absolute Gasteiger partial charge is 0.466 e. The van der Waals surface area contributed by atoms with E-state index in [0.29, 0.717) is 28.8 Å². The van der Waals surface area contributed by atoms with E-state index in [0.717, 1.165) is 5.56 Å². The molecule has 1 aromatic rings. The molecule has 8 heteroatoms. The number of esters is 2. The number of allylic oxidation sites excluding steroid dienone is 1. The lowest BCUT2D eigenvalue weighted by Gasteiger charge is -2.42. The average Bonchev–Trinajstić information content (AvgIpc) is 2.67. The average molecular weight is 407 g/mol. The topological polar surface area (TPSA) is 108 Å². The van der Waals surface area contributed by atoms with Crippen LogP contribution in [0.25, 0.3) is 0 Å². The third kappa shape index (κ3) is 4.39. The van der Waals surface area contributed by atoms with Crippen LogP contribution in [0.2, 0.25) is 0 Å². The standard InChI is InChI=1S/C20H26N2O5S/c1-5-26-17(23)15-11-16(18(24)27-6-2)20(4,22-12(15)3)14-9-7-13(8-10-14)19(25)28-21/h7-10,16,22H,5-6,11,21H2,1-4H3. The Bertz CT molecular complexity index is 790. The van der Waals surface area contributed by atoms with Crippen molar-refractivity contribution < 1.29 is 23.9 Å². The lowest BCUT2D eigenvalue weighted by molar-refractivity contribution is -0.151. The smallest absolute Gasteiger partial charge is 0.335 e. The zero-order chi connectivity index (χ0) is 20.9. The predicted octanol–water partition coefficient (Wildman–Crippen LogP) is 2.66. The fourth-order valence-corrected chi connectivity index (χ4v) is 3.70. The van der Waals surface area contributed by atoms with Crippen molar-refractivity contribution in [1.29, 1.82) is 0 Å². The van der Waals surface area contributed by atoms with Crippen LogP contribution in [0.5, 0.6) is 0 Å². The van der Waals surface area contributed by atoms with Crippen LogP contribution in [0, 0.1) is 5.92 Å². The van der Waals surface area contributed by atoms with Crippen LogP contribution >= 0.6 is 11.9 Å². The van der Waals surface area contributed by atoms with Gasteiger partial charge in [-0.05, 0) is 51.6 Å². The summed E-state index contributed by atoms with van der Waals surface area (Å²) < 4.78 is 10.4. The van der Waals surface area contributed by atoms with Crippen molar-refractivity contribution >= 4 is 29.0 Å². The molecule has 0 aliphatic carbocycles. The van der Waals surface area contributed by atoms with E-state index in [9.17, 15) is 14.4 Å². The number of carbonyl (C=O) groups is 3. The van der Waals surface area contributed by atoms with Crippen LogP contribution in [-0.2, 0) is 24.6 Å². The van der Waals surface area contributed by atoms with Crippen LogP contribution in [0.15, 0.2) is 35.5 Å². The highest BCUT2D eigenvalue weighted by Crippen LogP contribution is 2.40. The SMILES string of the molecule is CCOC(=O)C1=C(C)NC(C)(c2ccc(C(=O)SN)cc2)C(C(=O)OCC)C1. The van der Waals surface area contributed by atoms with Gasteiger partial charge in [0, 0.05) is 11.3 Å². The van der Waals surface area contributed by atoms with Gasteiger partial charge >= 0.3 is 11.9 Å². The summed E-state index contributed by atoms with van der Waals surface area (Å²) in [5, 5.41) is 8.41. The van der Waals surface area contributed by atoms with Gasteiger partial charge in [0.2, 0.25) is 5.12 Å². The maximum Gasteiger partial charge on any atom is 0.335 e. The zero-order valence-corrected chi connectivity index (χ0v) is 17.4. The number of nitrogens with one attached hydrogen (secondary N) is 1. The van der Waals surface area contributed by atoms with Gasteiger partial charge in [-0.3, -0.25) is 14.7 Å². The van der Waals surface area contributed by atoms with Crippen molar-refractivity contribution in [2.45, 2.75) is 39.7 Å². The normalized spacial score (nSPS) is 21.7. The predicted molar refractivity (Wildman–Crippen MR) is 107 cm³/mol. The number of hydrogen-bond donors (Lipinski definition) is 2. The second-order valence-corrected chi connectivity index (χ2v) is 7.25. The highest BCUT2D eigenvalue weighted by molar-refractivity contribution is 8.12. The van der Waals surface area contributed by atoms with E-state index in [4.69, 9.17) is 14.6 Å². The molecule has 1 aliphatic rings. The van der Waals surface area contributed by atoms with Gasteiger partial charge in [-0.2, -0.15) is 0 Å². The molecule has 0 saturated heterocycles. The monoisotopic (exact) mass is 406 g/mol. The Morgan fingerprint density at radius 3 is 2.32 bits per heavy atom. The van der Waals surface area contributed by atoms with Gasteiger partial charge < -0.3 is 14.8 Å². The third-order valence-corrected chi connectivity index (χ3v) is 5.38. The Labute approximate surface area is 169 Å². The number of ether oxygens (including phenoxy) is 2. The summed E-state index contributed by atoms with van der Waals surface area (Å²) in [6.07, 6.45) is 0.201. The molecular formula is C20H26N2O5S. The second kappa shape index (κ2) is 9.25. The summed E-state index contributed by atoms with van der Waals surface area (Å²) in [7, 11) is 0. The minimum absolute atomic E-state index is 0.201. The maximum absolute atomic E-state index is 12.7. The van der Waals surface area contributed by atoms with Crippen molar-refractivity contribution in [3.8, 4) is 0 Å². The van der Waals surface area contributed by atoms with E-state index < -0.39 is 23.4 Å². The van der Waals surface area contributed by atoms with E-state index in [1.165, 1.54) is 0 Å². The molecule has 1 heterocycles. The Morgan fingerprint density at radius 1 is 1.18 bits per heavy atom. The molecule has 152 valence electrons. The van der Waals surface area contributed by atoms with Gasteiger partial charge in [-0.1, -0.05) is 24.3 Å². The van der Waals surface area contributed by atoms with Gasteiger partial charge in [0.1, 0.15) is 0 Å². The van der Waals surface area contributed by atoms with E-state index in [2.05, 4.69) is 5.32 Å². The number of nitrogens with two attached hydrogens (primary N) is 1. The van der Waals surface area contributed by atoms with Crippen LogP contribution in [0.4, 0.5) is 0 Å². The first kappa shape index (κ1) is 22.0. The van der Waals surface area contributed by atoms with E-state index >= 15 is 0 Å². The Morgan fingerprint density at radius 2 is 1.79 bits per heavy atom. The van der Waals surface area contributed by atoms with Gasteiger partial charge in [0.15, 0.2) is 0 Å². The molecule has 0 spiro atoms. The first-order valence-corrected chi connectivity index (χ1v) is 9.99. The van der Waals surface area contributed by atoms with Crippen LogP contribution in [-0.4, -0.2) is 30.3 Å². The Hall–Kier alpha value is -2.32. The van der Waals surface area contributed by atoms with Crippen molar-refractivity contribution in [3.63, 3.8) is 0 Å². The molecule has 1 aromatic carbocycles. The molecule has 1 aliphatic heterocycles. The first-order chi connectivity index (χ1) is 13.3. The molecule has 3 N–H and O–H groups in total. The van der Waals surface area contributed by atoms with Crippen LogP contribution < -0.4 is 10.5 Å². The molecule has 0 bridgehead atoms. The summed E-state index contributed by atoms with van der Waals surface area (Å²) in [6, 6.07) is 6.91. The quantitative estimate of drug-likeness (QED) is 0.548. The number of rotatable bonds is 6. The molecule has 0 saturated carbocycles. The summed E-state index contributed by atoms with van der Waals surface area (Å²) in [5.41, 5.74) is 1.54. The first-order valence-electron chi connectivity index (χ1n) is 9.11. The van der Waals surface area contributed by atoms with Crippen LogP contribution in [0.1, 0.15) is 50.0 Å². The van der Waals surface area contributed by atoms with Crippen molar-refractivity contribution in [3.05, 3.63) is 46.7 Å². The Kier molecular flexibility index (Phi) is 7.26. The number of hydrogen-bond acceptors (Lipinski definition) is 8. The summed E-state index contributed by atoms with van der Waals surface area (Å²) >= 11 is 0.651. The van der Waals surface area contributed by atoms with Crippen LogP contribution in [0.3, 0.4) is 0 Å². The second-order valence-electron chi connectivity index (χ2n) is 6.64. The molecule has 0 amide bonds. The maximum atomic E-state index is 12.7. The zero-order valence-electron chi connectivity index (χ0n) is 16.5. The summed E-state index contributed by atoms with van der Waals surface area (Å²) in [5.74, 6) is -1.48. The molecule has 0 fully saturated rings. The van der Waals surface area contributed by atoms with Crippen molar-refractivity contribution in [1.82, 2.24) is 5.32 Å². The minimum atomic E-state index is -0.816. The molecule has 0 radical (unpaired) electrons. The highest BCUT2D eigenvalue weighted by Gasteiger charge is 2.46. The lowest BCUT2D eigenvalue weighted by Crippen LogP contribution is -2.52. The minimum Gasteiger partial charge on any atom is -0.466 e. The van der Waals surface area contributed by atoms with E-state index in [1.54, 1.807) is 45.0 Å². The molecule has 28 heavy (non-hydrogen) atoms. The molecule has 2 atom stereocenters. The van der Waals surface area contributed by atoms with Gasteiger partial charge in [-0.15, -0.1) is 0 Å². The molecule has 7 nitrogen and oxygen atoms in total. The van der Waals surface area contributed by atoms with Crippen molar-refractivity contribution in [2.75, 3.05) is 13.2 Å². The van der Waals surface area contributed by atoms with Crippen molar-refractivity contribution in [2.24, 2.45) is 11.1 Å². The van der Waals surface area contributed by atoms with Gasteiger partial charge in [0.05, 0.1) is 30.2 Å². The van der Waals surface area contributed by atoms with Gasteiger partial charge in [-0.25, -0.2) is 4.79 Å².